The molecule has 1 amide bonds. The molecule has 4 rings (SSSR count). The van der Waals surface area contributed by atoms with Gasteiger partial charge in [-0.1, -0.05) is 18.9 Å². The summed E-state index contributed by atoms with van der Waals surface area (Å²) in [5.41, 5.74) is 0.172. The van der Waals surface area contributed by atoms with Crippen LogP contribution < -0.4 is 15.9 Å². The molecule has 9 heteroatoms. The minimum Gasteiger partial charge on any atom is -0.354 e. The second kappa shape index (κ2) is 10.1. The molecular weight excluding hydrogens is 443 g/mol. The number of aromatic nitrogens is 1. The molecule has 1 aromatic heterocycles. The summed E-state index contributed by atoms with van der Waals surface area (Å²) in [6.45, 7) is 3.00. The monoisotopic (exact) mass is 472 g/mol. The molecule has 1 atom stereocenters. The molecule has 0 saturated carbocycles. The van der Waals surface area contributed by atoms with E-state index in [-0.39, 0.29) is 16.4 Å². The van der Waals surface area contributed by atoms with Crippen LogP contribution in [0.25, 0.3) is 6.08 Å². The first-order valence-electron chi connectivity index (χ1n) is 11.4. The van der Waals surface area contributed by atoms with Crippen molar-refractivity contribution in [3.8, 4) is 0 Å². The van der Waals surface area contributed by atoms with Crippen LogP contribution in [0.3, 0.4) is 0 Å². The molecule has 1 saturated heterocycles. The predicted octanol–water partition coefficient (Wildman–Crippen LogP) is 1.70. The fourth-order valence-corrected chi connectivity index (χ4v) is 6.16. The van der Waals surface area contributed by atoms with Gasteiger partial charge in [0, 0.05) is 42.8 Å². The standard InChI is InChI=1S/C24H29FN4O3S/c1-17-20(25)6-4-7-23(17)33(31,32)29-13-9-18(10-14-29)5-2-3-11-27-24(30)22-15-19-16-26-12-8-21(19)28-22/h4,6-8,12,15-16,18,22H,2-3,5,9-11,13-14H2,1H3,(H,27,30). The van der Waals surface area contributed by atoms with Crippen molar-refractivity contribution in [2.75, 3.05) is 19.6 Å². The molecule has 0 spiro atoms. The number of hydrogen-bond acceptors (Lipinski definition) is 5. The van der Waals surface area contributed by atoms with Crippen molar-refractivity contribution in [2.24, 2.45) is 10.9 Å². The summed E-state index contributed by atoms with van der Waals surface area (Å²) in [7, 11) is -3.68. The van der Waals surface area contributed by atoms with Crippen LogP contribution in [-0.4, -0.2) is 49.3 Å². The van der Waals surface area contributed by atoms with Crippen LogP contribution in [0.5, 0.6) is 0 Å². The molecule has 2 aromatic rings. The van der Waals surface area contributed by atoms with E-state index >= 15 is 0 Å². The smallest absolute Gasteiger partial charge is 0.248 e. The average molecular weight is 473 g/mol. The quantitative estimate of drug-likeness (QED) is 0.592. The topological polar surface area (TPSA) is 91.7 Å². The summed E-state index contributed by atoms with van der Waals surface area (Å²) in [5.74, 6) is -0.141. The highest BCUT2D eigenvalue weighted by atomic mass is 32.2. The maximum absolute atomic E-state index is 13.8. The number of halogens is 1. The van der Waals surface area contributed by atoms with Crippen molar-refractivity contribution in [3.05, 3.63) is 58.6 Å². The molecule has 0 bridgehead atoms. The number of sulfonamides is 1. The van der Waals surface area contributed by atoms with Crippen molar-refractivity contribution in [2.45, 2.75) is 50.0 Å². The van der Waals surface area contributed by atoms with E-state index in [2.05, 4.69) is 15.3 Å². The maximum atomic E-state index is 13.8. The van der Waals surface area contributed by atoms with E-state index in [1.165, 1.54) is 29.4 Å². The number of amides is 1. The Labute approximate surface area is 193 Å². The zero-order valence-electron chi connectivity index (χ0n) is 18.7. The molecule has 2 aliphatic rings. The molecule has 1 unspecified atom stereocenters. The molecule has 1 aromatic carbocycles. The van der Waals surface area contributed by atoms with Gasteiger partial charge < -0.3 is 5.32 Å². The van der Waals surface area contributed by atoms with E-state index < -0.39 is 21.9 Å². The summed E-state index contributed by atoms with van der Waals surface area (Å²) < 4.78 is 41.1. The van der Waals surface area contributed by atoms with Crippen LogP contribution in [0.1, 0.15) is 37.7 Å². The fraction of sp³-hybridized carbons (Fsp3) is 0.458. The number of nitrogens with zero attached hydrogens (tertiary/aromatic N) is 3. The van der Waals surface area contributed by atoms with Crippen molar-refractivity contribution >= 4 is 22.0 Å². The minimum atomic E-state index is -3.68. The Morgan fingerprint density at radius 1 is 1.21 bits per heavy atom. The third kappa shape index (κ3) is 5.30. The van der Waals surface area contributed by atoms with Crippen LogP contribution in [0.4, 0.5) is 4.39 Å². The number of nitrogens with one attached hydrogen (secondary N) is 1. The average Bonchev–Trinajstić information content (AvgIpc) is 3.25. The zero-order chi connectivity index (χ0) is 23.4. The van der Waals surface area contributed by atoms with Crippen LogP contribution in [0.15, 0.2) is 46.5 Å². The van der Waals surface area contributed by atoms with Gasteiger partial charge in [-0.3, -0.25) is 14.8 Å². The van der Waals surface area contributed by atoms with Crippen molar-refractivity contribution in [3.63, 3.8) is 0 Å². The number of pyridine rings is 1. The van der Waals surface area contributed by atoms with E-state index in [4.69, 9.17) is 0 Å². The van der Waals surface area contributed by atoms with Gasteiger partial charge in [0.1, 0.15) is 11.9 Å². The third-order valence-electron chi connectivity index (χ3n) is 6.46. The number of hydrogen-bond donors (Lipinski definition) is 1. The lowest BCUT2D eigenvalue weighted by molar-refractivity contribution is -0.121. The minimum absolute atomic E-state index is 0.0577. The highest BCUT2D eigenvalue weighted by Crippen LogP contribution is 2.28. The van der Waals surface area contributed by atoms with Gasteiger partial charge in [-0.2, -0.15) is 4.31 Å². The highest BCUT2D eigenvalue weighted by Gasteiger charge is 2.30. The summed E-state index contributed by atoms with van der Waals surface area (Å²) in [6.07, 6.45) is 9.63. The molecular formula is C24H29FN4O3S. The number of fused-ring (bicyclic) bond motifs is 1. The Morgan fingerprint density at radius 3 is 2.76 bits per heavy atom. The Hall–Kier alpha value is -2.65. The van der Waals surface area contributed by atoms with E-state index in [1.54, 1.807) is 18.5 Å². The van der Waals surface area contributed by atoms with Gasteiger partial charge >= 0.3 is 0 Å². The highest BCUT2D eigenvalue weighted by molar-refractivity contribution is 7.89. The van der Waals surface area contributed by atoms with E-state index in [1.807, 2.05) is 6.08 Å². The maximum Gasteiger partial charge on any atom is 0.248 e. The lowest BCUT2D eigenvalue weighted by Gasteiger charge is -2.31. The van der Waals surface area contributed by atoms with E-state index in [9.17, 15) is 17.6 Å². The SMILES string of the molecule is Cc1c(F)cccc1S(=O)(=O)N1CCC(CCCCNC(=O)C2C=c3cnccc3=N2)CC1. The van der Waals surface area contributed by atoms with Gasteiger partial charge in [0.15, 0.2) is 0 Å². The molecule has 33 heavy (non-hydrogen) atoms. The first-order chi connectivity index (χ1) is 15.9. The molecule has 176 valence electrons. The predicted molar refractivity (Wildman–Crippen MR) is 123 cm³/mol. The number of rotatable bonds is 8. The van der Waals surface area contributed by atoms with Gasteiger partial charge in [-0.25, -0.2) is 12.8 Å². The molecule has 1 fully saturated rings. The number of benzene rings is 1. The normalized spacial score (nSPS) is 18.9. The molecule has 2 aliphatic heterocycles. The molecule has 0 aliphatic carbocycles. The van der Waals surface area contributed by atoms with Gasteiger partial charge in [-0.05, 0) is 56.4 Å². The van der Waals surface area contributed by atoms with Crippen LogP contribution >= 0.6 is 0 Å². The lowest BCUT2D eigenvalue weighted by Crippen LogP contribution is -2.38. The number of carbonyl (C=O) groups excluding carboxylic acids is 1. The number of carbonyl (C=O) groups is 1. The van der Waals surface area contributed by atoms with Crippen molar-refractivity contribution in [1.29, 1.82) is 0 Å². The van der Waals surface area contributed by atoms with Gasteiger partial charge in [-0.15, -0.1) is 0 Å². The largest absolute Gasteiger partial charge is 0.354 e. The first kappa shape index (κ1) is 23.5. The Morgan fingerprint density at radius 2 is 2.00 bits per heavy atom. The molecule has 1 N–H and O–H groups in total. The summed E-state index contributed by atoms with van der Waals surface area (Å²) >= 11 is 0. The Bertz CT molecular complexity index is 1210. The Kier molecular flexibility index (Phi) is 7.19. The van der Waals surface area contributed by atoms with Gasteiger partial charge in [0.25, 0.3) is 0 Å². The number of piperidine rings is 1. The number of unbranched alkanes of at least 4 members (excludes halogenated alkanes) is 1. The zero-order valence-corrected chi connectivity index (χ0v) is 19.5. The molecule has 3 heterocycles. The summed E-state index contributed by atoms with van der Waals surface area (Å²) in [5, 5.41) is 4.63. The second-order valence-electron chi connectivity index (χ2n) is 8.67. The lowest BCUT2D eigenvalue weighted by atomic mass is 9.92. The fourth-order valence-electron chi connectivity index (χ4n) is 4.46. The summed E-state index contributed by atoms with van der Waals surface area (Å²) in [4.78, 5) is 20.8. The van der Waals surface area contributed by atoms with E-state index in [0.29, 0.717) is 25.6 Å². The van der Waals surface area contributed by atoms with Gasteiger partial charge in [0.2, 0.25) is 15.9 Å². The second-order valence-corrected chi connectivity index (χ2v) is 10.6. The molecule has 7 nitrogen and oxygen atoms in total. The first-order valence-corrected chi connectivity index (χ1v) is 12.8. The summed E-state index contributed by atoms with van der Waals surface area (Å²) in [6, 6.07) is 5.50. The van der Waals surface area contributed by atoms with E-state index in [0.717, 1.165) is 42.7 Å². The molecule has 0 radical (unpaired) electrons. The van der Waals surface area contributed by atoms with Gasteiger partial charge in [0.05, 0.1) is 10.3 Å². The van der Waals surface area contributed by atoms with Crippen LogP contribution in [0.2, 0.25) is 0 Å². The van der Waals surface area contributed by atoms with Crippen molar-refractivity contribution < 1.29 is 17.6 Å². The van der Waals surface area contributed by atoms with Crippen LogP contribution in [-0.2, 0) is 14.8 Å². The van der Waals surface area contributed by atoms with Crippen LogP contribution in [0, 0.1) is 18.7 Å². The van der Waals surface area contributed by atoms with Crippen molar-refractivity contribution in [1.82, 2.24) is 14.6 Å². The Balaban J connectivity index is 1.17. The third-order valence-corrected chi connectivity index (χ3v) is 8.50.